The molecule has 1 unspecified atom stereocenters. The fourth-order valence-corrected chi connectivity index (χ4v) is 3.92. The number of anilines is 2. The molecule has 0 fully saturated rings. The number of hydrogen-bond acceptors (Lipinski definition) is 4. The van der Waals surface area contributed by atoms with Crippen molar-refractivity contribution in [1.82, 2.24) is 9.55 Å². The molecule has 3 rings (SSSR count). The van der Waals surface area contributed by atoms with Crippen LogP contribution in [0.2, 0.25) is 0 Å². The molecule has 2 aromatic rings. The molecule has 1 aromatic heterocycles. The number of imidazole rings is 1. The third kappa shape index (κ3) is 2.11. The molecular weight excluding hydrogens is 409 g/mol. The van der Waals surface area contributed by atoms with E-state index in [2.05, 4.69) is 41.4 Å². The summed E-state index contributed by atoms with van der Waals surface area (Å²) in [7, 11) is 0. The van der Waals surface area contributed by atoms with Gasteiger partial charge in [-0.05, 0) is 63.2 Å². The SMILES string of the molecule is Cl.NCCC1CCc2c(Br)c(Br)c(N)c3nc(N)n1c23. The van der Waals surface area contributed by atoms with Gasteiger partial charge in [-0.2, -0.15) is 0 Å². The Morgan fingerprint density at radius 2 is 1.95 bits per heavy atom. The lowest BCUT2D eigenvalue weighted by atomic mass is 9.96. The maximum atomic E-state index is 6.14. The van der Waals surface area contributed by atoms with E-state index in [0.717, 1.165) is 39.2 Å². The van der Waals surface area contributed by atoms with Gasteiger partial charge in [0.1, 0.15) is 5.52 Å². The first kappa shape index (κ1) is 15.9. The third-order valence-electron chi connectivity index (χ3n) is 3.77. The average Bonchev–Trinajstić information content (AvgIpc) is 2.74. The van der Waals surface area contributed by atoms with Crippen LogP contribution in [0.5, 0.6) is 0 Å². The van der Waals surface area contributed by atoms with Crippen LogP contribution in [-0.2, 0) is 6.42 Å². The Morgan fingerprint density at radius 3 is 2.60 bits per heavy atom. The molecule has 0 saturated carbocycles. The molecule has 110 valence electrons. The molecule has 0 amide bonds. The van der Waals surface area contributed by atoms with Gasteiger partial charge in [0.25, 0.3) is 0 Å². The summed E-state index contributed by atoms with van der Waals surface area (Å²) in [5.41, 5.74) is 21.6. The highest BCUT2D eigenvalue weighted by Gasteiger charge is 2.28. The van der Waals surface area contributed by atoms with Crippen LogP contribution in [0.1, 0.15) is 24.4 Å². The van der Waals surface area contributed by atoms with Gasteiger partial charge in [0.05, 0.1) is 15.7 Å². The minimum atomic E-state index is 0. The second-order valence-electron chi connectivity index (χ2n) is 4.83. The summed E-state index contributed by atoms with van der Waals surface area (Å²) in [6, 6.07) is 0.315. The van der Waals surface area contributed by atoms with Gasteiger partial charge in [-0.25, -0.2) is 4.98 Å². The summed E-state index contributed by atoms with van der Waals surface area (Å²) in [6.45, 7) is 0.645. The molecule has 20 heavy (non-hydrogen) atoms. The molecule has 8 heteroatoms. The van der Waals surface area contributed by atoms with Gasteiger partial charge in [0.15, 0.2) is 0 Å². The van der Waals surface area contributed by atoms with Crippen LogP contribution in [0.25, 0.3) is 11.0 Å². The molecular formula is C12H16Br2ClN5. The van der Waals surface area contributed by atoms with E-state index in [1.807, 2.05) is 0 Å². The van der Waals surface area contributed by atoms with Crippen molar-refractivity contribution in [3.05, 3.63) is 14.5 Å². The number of halogens is 3. The van der Waals surface area contributed by atoms with Gasteiger partial charge in [0.2, 0.25) is 5.95 Å². The summed E-state index contributed by atoms with van der Waals surface area (Å²) in [5, 5.41) is 0. The van der Waals surface area contributed by atoms with Crippen molar-refractivity contribution in [2.75, 3.05) is 18.0 Å². The average molecular weight is 426 g/mol. The predicted octanol–water partition coefficient (Wildman–Crippen LogP) is 2.98. The van der Waals surface area contributed by atoms with E-state index in [1.165, 1.54) is 5.56 Å². The van der Waals surface area contributed by atoms with Crippen molar-refractivity contribution < 1.29 is 0 Å². The first-order valence-corrected chi connectivity index (χ1v) is 7.77. The van der Waals surface area contributed by atoms with Gasteiger partial charge in [-0.15, -0.1) is 12.4 Å². The summed E-state index contributed by atoms with van der Waals surface area (Å²) in [4.78, 5) is 4.44. The van der Waals surface area contributed by atoms with Crippen molar-refractivity contribution >= 4 is 66.9 Å². The van der Waals surface area contributed by atoms with Crippen LogP contribution >= 0.6 is 44.3 Å². The molecule has 0 radical (unpaired) electrons. The van der Waals surface area contributed by atoms with Gasteiger partial charge in [-0.1, -0.05) is 0 Å². The molecule has 1 aliphatic rings. The van der Waals surface area contributed by atoms with Crippen LogP contribution in [0.3, 0.4) is 0 Å². The largest absolute Gasteiger partial charge is 0.396 e. The Bertz CT molecular complexity index is 670. The van der Waals surface area contributed by atoms with E-state index < -0.39 is 0 Å². The second kappa shape index (κ2) is 5.71. The highest BCUT2D eigenvalue weighted by atomic mass is 79.9. The van der Waals surface area contributed by atoms with Gasteiger partial charge in [-0.3, -0.25) is 0 Å². The van der Waals surface area contributed by atoms with Gasteiger partial charge >= 0.3 is 0 Å². The maximum absolute atomic E-state index is 6.14. The molecule has 0 saturated heterocycles. The van der Waals surface area contributed by atoms with Crippen LogP contribution in [0, 0.1) is 0 Å². The van der Waals surface area contributed by atoms with Crippen molar-refractivity contribution in [2.45, 2.75) is 25.3 Å². The van der Waals surface area contributed by atoms with E-state index in [0.29, 0.717) is 24.2 Å². The van der Waals surface area contributed by atoms with E-state index in [-0.39, 0.29) is 12.4 Å². The zero-order valence-corrected chi connectivity index (χ0v) is 14.7. The molecule has 0 spiro atoms. The Balaban J connectivity index is 0.00000147. The van der Waals surface area contributed by atoms with Crippen LogP contribution < -0.4 is 17.2 Å². The molecule has 1 atom stereocenters. The van der Waals surface area contributed by atoms with Crippen molar-refractivity contribution in [2.24, 2.45) is 5.73 Å². The summed E-state index contributed by atoms with van der Waals surface area (Å²) in [5.74, 6) is 0.520. The molecule has 1 aliphatic heterocycles. The lowest BCUT2D eigenvalue weighted by molar-refractivity contribution is 0.442. The highest BCUT2D eigenvalue weighted by molar-refractivity contribution is 9.13. The molecule has 6 N–H and O–H groups in total. The third-order valence-corrected chi connectivity index (χ3v) is 6.00. The van der Waals surface area contributed by atoms with Crippen molar-refractivity contribution in [3.8, 4) is 0 Å². The zero-order chi connectivity index (χ0) is 13.7. The summed E-state index contributed by atoms with van der Waals surface area (Å²) < 4.78 is 3.95. The van der Waals surface area contributed by atoms with Crippen molar-refractivity contribution in [3.63, 3.8) is 0 Å². The number of rotatable bonds is 2. The number of aromatic nitrogens is 2. The maximum Gasteiger partial charge on any atom is 0.201 e. The highest BCUT2D eigenvalue weighted by Crippen LogP contribution is 2.45. The topological polar surface area (TPSA) is 95.9 Å². The predicted molar refractivity (Wildman–Crippen MR) is 92.2 cm³/mol. The first-order valence-electron chi connectivity index (χ1n) is 6.19. The normalized spacial score (nSPS) is 17.2. The number of aryl methyl sites for hydroxylation is 1. The van der Waals surface area contributed by atoms with Crippen molar-refractivity contribution in [1.29, 1.82) is 0 Å². The number of nitrogens with two attached hydrogens (primary N) is 3. The van der Waals surface area contributed by atoms with Crippen LogP contribution in [0.4, 0.5) is 11.6 Å². The number of benzene rings is 1. The molecule has 1 aromatic carbocycles. The molecule has 2 heterocycles. The van der Waals surface area contributed by atoms with E-state index in [4.69, 9.17) is 17.2 Å². The quantitative estimate of drug-likeness (QED) is 0.645. The Morgan fingerprint density at radius 1 is 1.25 bits per heavy atom. The van der Waals surface area contributed by atoms with E-state index in [1.54, 1.807) is 0 Å². The van der Waals surface area contributed by atoms with E-state index >= 15 is 0 Å². The first-order chi connectivity index (χ1) is 9.06. The van der Waals surface area contributed by atoms with Gasteiger partial charge < -0.3 is 21.8 Å². The molecule has 0 aliphatic carbocycles. The Hall–Kier alpha value is -0.500. The fourth-order valence-electron chi connectivity index (χ4n) is 2.89. The second-order valence-corrected chi connectivity index (χ2v) is 6.41. The zero-order valence-electron chi connectivity index (χ0n) is 10.7. The lowest BCUT2D eigenvalue weighted by Gasteiger charge is -2.27. The molecule has 5 nitrogen and oxygen atoms in total. The number of nitrogens with zero attached hydrogens (tertiary/aromatic N) is 2. The summed E-state index contributed by atoms with van der Waals surface area (Å²) >= 11 is 7.13. The van der Waals surface area contributed by atoms with Gasteiger partial charge in [0, 0.05) is 10.5 Å². The monoisotopic (exact) mass is 423 g/mol. The minimum absolute atomic E-state index is 0. The lowest BCUT2D eigenvalue weighted by Crippen LogP contribution is -2.20. The van der Waals surface area contributed by atoms with Crippen LogP contribution in [0.15, 0.2) is 8.95 Å². The smallest absolute Gasteiger partial charge is 0.201 e. The number of hydrogen-bond donors (Lipinski definition) is 3. The molecule has 0 bridgehead atoms. The number of nitrogen functional groups attached to an aromatic ring is 2. The minimum Gasteiger partial charge on any atom is -0.396 e. The van der Waals surface area contributed by atoms with E-state index in [9.17, 15) is 0 Å². The summed E-state index contributed by atoms with van der Waals surface area (Å²) in [6.07, 6.45) is 2.91. The van der Waals surface area contributed by atoms with Crippen LogP contribution in [-0.4, -0.2) is 16.1 Å². The Kier molecular flexibility index (Phi) is 4.53. The fraction of sp³-hybridized carbons (Fsp3) is 0.417. The Labute approximate surface area is 139 Å². The standard InChI is InChI=1S/C12H15Br2N5.ClH/c13-7-6-2-1-5(3-4-15)19-11(6)10(18-12(19)17)9(16)8(7)14;/h5H,1-4,15-16H2,(H2,17,18);1H.